The summed E-state index contributed by atoms with van der Waals surface area (Å²) in [5, 5.41) is 5.47. The van der Waals surface area contributed by atoms with Gasteiger partial charge < -0.3 is 19.9 Å². The summed E-state index contributed by atoms with van der Waals surface area (Å²) < 4.78 is 5.25. The third-order valence-corrected chi connectivity index (χ3v) is 6.00. The van der Waals surface area contributed by atoms with Gasteiger partial charge in [-0.25, -0.2) is 0 Å². The smallest absolute Gasteiger partial charge is 0.224 e. The molecule has 1 atom stereocenters. The molecule has 0 bridgehead atoms. The SMILES string of the molecule is CN=C(NCCC(=O)N1CCc2sccc2C1)N1CCC(COC)C1. The maximum Gasteiger partial charge on any atom is 0.224 e. The first-order valence-electron chi connectivity index (χ1n) is 8.98. The number of nitrogens with one attached hydrogen (secondary N) is 1. The molecule has 3 rings (SSSR count). The maximum atomic E-state index is 12.5. The van der Waals surface area contributed by atoms with E-state index in [-0.39, 0.29) is 5.91 Å². The van der Waals surface area contributed by atoms with Crippen LogP contribution < -0.4 is 5.32 Å². The number of rotatable bonds is 5. The summed E-state index contributed by atoms with van der Waals surface area (Å²) in [6.45, 7) is 4.99. The molecular weight excluding hydrogens is 336 g/mol. The van der Waals surface area contributed by atoms with E-state index in [1.807, 2.05) is 4.90 Å². The quantitative estimate of drug-likeness (QED) is 0.636. The molecule has 138 valence electrons. The normalized spacial score (nSPS) is 20.7. The number of ether oxygens (including phenoxy) is 1. The number of guanidine groups is 1. The zero-order valence-corrected chi connectivity index (χ0v) is 16.0. The molecule has 0 saturated carbocycles. The summed E-state index contributed by atoms with van der Waals surface area (Å²) in [6, 6.07) is 2.14. The van der Waals surface area contributed by atoms with Gasteiger partial charge in [0.1, 0.15) is 0 Å². The van der Waals surface area contributed by atoms with Gasteiger partial charge in [-0.15, -0.1) is 11.3 Å². The summed E-state index contributed by atoms with van der Waals surface area (Å²) in [4.78, 5) is 22.5. The molecule has 0 aromatic carbocycles. The molecule has 1 aromatic heterocycles. The summed E-state index contributed by atoms with van der Waals surface area (Å²) >= 11 is 1.80. The van der Waals surface area contributed by atoms with E-state index in [1.165, 1.54) is 10.4 Å². The Hall–Kier alpha value is -1.60. The van der Waals surface area contributed by atoms with Gasteiger partial charge in [-0.1, -0.05) is 0 Å². The Balaban J connectivity index is 1.42. The number of aliphatic imine (C=N–C) groups is 1. The van der Waals surface area contributed by atoms with Crippen LogP contribution in [0.2, 0.25) is 0 Å². The number of carbonyl (C=O) groups is 1. The van der Waals surface area contributed by atoms with Crippen molar-refractivity contribution in [2.24, 2.45) is 10.9 Å². The molecule has 2 aliphatic rings. The average molecular weight is 365 g/mol. The molecule has 7 heteroatoms. The van der Waals surface area contributed by atoms with Crippen molar-refractivity contribution in [1.82, 2.24) is 15.1 Å². The fourth-order valence-electron chi connectivity index (χ4n) is 3.63. The topological polar surface area (TPSA) is 57.2 Å². The number of fused-ring (bicyclic) bond motifs is 1. The lowest BCUT2D eigenvalue weighted by Crippen LogP contribution is -2.42. The zero-order chi connectivity index (χ0) is 17.6. The number of hydrogen-bond acceptors (Lipinski definition) is 4. The number of methoxy groups -OCH3 is 1. The number of thiophene rings is 1. The molecule has 3 heterocycles. The van der Waals surface area contributed by atoms with Crippen LogP contribution in [0, 0.1) is 5.92 Å². The lowest BCUT2D eigenvalue weighted by Gasteiger charge is -2.27. The van der Waals surface area contributed by atoms with E-state index in [4.69, 9.17) is 4.74 Å². The molecule has 25 heavy (non-hydrogen) atoms. The van der Waals surface area contributed by atoms with E-state index in [1.54, 1.807) is 25.5 Å². The Bertz CT molecular complexity index is 616. The van der Waals surface area contributed by atoms with Gasteiger partial charge in [-0.05, 0) is 29.9 Å². The number of nitrogens with zero attached hydrogens (tertiary/aromatic N) is 3. The fraction of sp³-hybridized carbons (Fsp3) is 0.667. The third-order valence-electron chi connectivity index (χ3n) is 4.98. The van der Waals surface area contributed by atoms with Crippen LogP contribution in [-0.4, -0.2) is 68.6 Å². The zero-order valence-electron chi connectivity index (χ0n) is 15.2. The Morgan fingerprint density at radius 2 is 2.32 bits per heavy atom. The van der Waals surface area contributed by atoms with Gasteiger partial charge in [0.05, 0.1) is 6.61 Å². The maximum absolute atomic E-state index is 12.5. The number of likely N-dealkylation sites (tertiary alicyclic amines) is 1. The van der Waals surface area contributed by atoms with Gasteiger partial charge in [0.25, 0.3) is 0 Å². The van der Waals surface area contributed by atoms with E-state index < -0.39 is 0 Å². The molecule has 0 spiro atoms. The molecule has 1 unspecified atom stereocenters. The second kappa shape index (κ2) is 8.67. The molecule has 1 saturated heterocycles. The molecule has 1 fully saturated rings. The first-order valence-corrected chi connectivity index (χ1v) is 9.86. The number of amides is 1. The van der Waals surface area contributed by atoms with Crippen LogP contribution >= 0.6 is 11.3 Å². The van der Waals surface area contributed by atoms with Crippen LogP contribution in [0.1, 0.15) is 23.3 Å². The van der Waals surface area contributed by atoms with Crippen LogP contribution in [0.4, 0.5) is 0 Å². The highest BCUT2D eigenvalue weighted by molar-refractivity contribution is 7.10. The van der Waals surface area contributed by atoms with E-state index in [0.29, 0.717) is 18.9 Å². The van der Waals surface area contributed by atoms with Crippen LogP contribution in [-0.2, 0) is 22.5 Å². The Morgan fingerprint density at radius 1 is 1.44 bits per heavy atom. The van der Waals surface area contributed by atoms with Crippen molar-refractivity contribution in [2.45, 2.75) is 25.8 Å². The lowest BCUT2D eigenvalue weighted by atomic mass is 10.1. The summed E-state index contributed by atoms with van der Waals surface area (Å²) in [5.74, 6) is 1.68. The van der Waals surface area contributed by atoms with Gasteiger partial charge >= 0.3 is 0 Å². The van der Waals surface area contributed by atoms with Crippen molar-refractivity contribution in [1.29, 1.82) is 0 Å². The third kappa shape index (κ3) is 4.52. The monoisotopic (exact) mass is 364 g/mol. The van der Waals surface area contributed by atoms with Gasteiger partial charge in [-0.3, -0.25) is 9.79 Å². The first kappa shape index (κ1) is 18.2. The molecule has 1 N–H and O–H groups in total. The molecule has 1 aromatic rings. The van der Waals surface area contributed by atoms with Gasteiger partial charge in [0.15, 0.2) is 5.96 Å². The van der Waals surface area contributed by atoms with Crippen LogP contribution in [0.15, 0.2) is 16.4 Å². The first-order chi connectivity index (χ1) is 12.2. The predicted molar refractivity (Wildman–Crippen MR) is 101 cm³/mol. The molecular formula is C18H28N4O2S. The van der Waals surface area contributed by atoms with E-state index in [9.17, 15) is 4.79 Å². The Morgan fingerprint density at radius 3 is 3.12 bits per heavy atom. The van der Waals surface area contributed by atoms with Crippen molar-refractivity contribution in [2.75, 3.05) is 46.9 Å². The highest BCUT2D eigenvalue weighted by atomic mass is 32.1. The van der Waals surface area contributed by atoms with Gasteiger partial charge in [0, 0.05) is 64.1 Å². The Kier molecular flexibility index (Phi) is 6.31. The minimum absolute atomic E-state index is 0.221. The van der Waals surface area contributed by atoms with Crippen molar-refractivity contribution in [3.05, 3.63) is 21.9 Å². The molecule has 0 aliphatic carbocycles. The summed E-state index contributed by atoms with van der Waals surface area (Å²) in [7, 11) is 3.55. The van der Waals surface area contributed by atoms with Gasteiger partial charge in [0.2, 0.25) is 5.91 Å². The van der Waals surface area contributed by atoms with Crippen LogP contribution in [0.5, 0.6) is 0 Å². The average Bonchev–Trinajstić information content (AvgIpc) is 3.27. The Labute approximate surface area is 153 Å². The van der Waals surface area contributed by atoms with E-state index in [0.717, 1.165) is 51.6 Å². The highest BCUT2D eigenvalue weighted by Gasteiger charge is 2.25. The largest absolute Gasteiger partial charge is 0.384 e. The fourth-order valence-corrected chi connectivity index (χ4v) is 4.52. The van der Waals surface area contributed by atoms with Gasteiger partial charge in [-0.2, -0.15) is 0 Å². The predicted octanol–water partition coefficient (Wildman–Crippen LogP) is 1.57. The minimum atomic E-state index is 0.221. The second-order valence-electron chi connectivity index (χ2n) is 6.71. The second-order valence-corrected chi connectivity index (χ2v) is 7.72. The number of hydrogen-bond donors (Lipinski definition) is 1. The van der Waals surface area contributed by atoms with E-state index in [2.05, 4.69) is 26.7 Å². The van der Waals surface area contributed by atoms with Crippen molar-refractivity contribution in [3.8, 4) is 0 Å². The lowest BCUT2D eigenvalue weighted by molar-refractivity contribution is -0.131. The summed E-state index contributed by atoms with van der Waals surface area (Å²) in [6.07, 6.45) is 2.63. The molecule has 1 amide bonds. The van der Waals surface area contributed by atoms with Crippen molar-refractivity contribution >= 4 is 23.2 Å². The standard InChI is InChI=1S/C18H28N4O2S/c1-19-18(22-8-4-14(11-22)13-24-2)20-7-3-17(23)21-9-5-16-15(12-21)6-10-25-16/h6,10,14H,3-5,7-9,11-13H2,1-2H3,(H,19,20). The number of carbonyl (C=O) groups excluding carboxylic acids is 1. The summed E-state index contributed by atoms with van der Waals surface area (Å²) in [5.41, 5.74) is 1.31. The minimum Gasteiger partial charge on any atom is -0.384 e. The van der Waals surface area contributed by atoms with Crippen LogP contribution in [0.3, 0.4) is 0 Å². The molecule has 6 nitrogen and oxygen atoms in total. The highest BCUT2D eigenvalue weighted by Crippen LogP contribution is 2.24. The van der Waals surface area contributed by atoms with E-state index >= 15 is 0 Å². The molecule has 2 aliphatic heterocycles. The van der Waals surface area contributed by atoms with Crippen molar-refractivity contribution in [3.63, 3.8) is 0 Å². The van der Waals surface area contributed by atoms with Crippen molar-refractivity contribution < 1.29 is 9.53 Å². The molecule has 0 radical (unpaired) electrons. The van der Waals surface area contributed by atoms with Crippen LogP contribution in [0.25, 0.3) is 0 Å².